The van der Waals surface area contributed by atoms with Gasteiger partial charge in [0.1, 0.15) is 5.65 Å². The molecule has 0 aliphatic heterocycles. The van der Waals surface area contributed by atoms with Crippen LogP contribution in [-0.2, 0) is 0 Å². The first-order valence-corrected chi connectivity index (χ1v) is 4.16. The number of nitrogens with zero attached hydrogens (tertiary/aromatic N) is 2. The van der Waals surface area contributed by atoms with Crippen molar-refractivity contribution in [2.24, 2.45) is 0 Å². The molecule has 0 aliphatic rings. The van der Waals surface area contributed by atoms with Crippen LogP contribution in [0.3, 0.4) is 0 Å². The first-order chi connectivity index (χ1) is 6.86. The summed E-state index contributed by atoms with van der Waals surface area (Å²) in [5.41, 5.74) is 1.40. The molecule has 3 heterocycles. The third kappa shape index (κ3) is 0.806. The molecular formula is C9H6N4O. The molecule has 0 amide bonds. The number of H-pyrrole nitrogens is 2. The highest BCUT2D eigenvalue weighted by Gasteiger charge is 2.05. The lowest BCUT2D eigenvalue weighted by atomic mass is 10.2. The molecule has 0 bridgehead atoms. The highest BCUT2D eigenvalue weighted by atomic mass is 16.1. The third-order valence-corrected chi connectivity index (χ3v) is 2.20. The summed E-state index contributed by atoms with van der Waals surface area (Å²) in [5, 5.41) is 8.05. The Kier molecular flexibility index (Phi) is 1.25. The summed E-state index contributed by atoms with van der Waals surface area (Å²) >= 11 is 0. The minimum absolute atomic E-state index is 0.0595. The summed E-state index contributed by atoms with van der Waals surface area (Å²) in [7, 11) is 0. The quantitative estimate of drug-likeness (QED) is 0.545. The molecule has 0 unspecified atom stereocenters. The van der Waals surface area contributed by atoms with Crippen LogP contribution in [0.15, 0.2) is 29.5 Å². The Morgan fingerprint density at radius 1 is 1.29 bits per heavy atom. The van der Waals surface area contributed by atoms with Gasteiger partial charge in [0.05, 0.1) is 28.7 Å². The van der Waals surface area contributed by atoms with Crippen molar-refractivity contribution in [3.63, 3.8) is 0 Å². The van der Waals surface area contributed by atoms with Gasteiger partial charge in [0, 0.05) is 12.3 Å². The van der Waals surface area contributed by atoms with Crippen LogP contribution in [0, 0.1) is 0 Å². The standard InChI is InChI=1S/C9H6N4O/c14-7-1-2-10-9-8-5(7)3-12-13-6(8)4-11-9/h1-4,13H,(H,10,11). The predicted octanol–water partition coefficient (Wildman–Crippen LogP) is 0.799. The van der Waals surface area contributed by atoms with E-state index in [-0.39, 0.29) is 5.43 Å². The number of aromatic nitrogens is 4. The molecule has 0 saturated carbocycles. The van der Waals surface area contributed by atoms with Gasteiger partial charge in [0.15, 0.2) is 5.43 Å². The average Bonchev–Trinajstić information content (AvgIpc) is 2.53. The summed E-state index contributed by atoms with van der Waals surface area (Å²) in [6.45, 7) is 0. The molecule has 0 atom stereocenters. The number of rotatable bonds is 0. The SMILES string of the molecule is O=c1cc[nH]c2ncc3[nH]ncc1c32. The fourth-order valence-corrected chi connectivity index (χ4v) is 1.56. The summed E-state index contributed by atoms with van der Waals surface area (Å²) in [5.74, 6) is 0. The molecule has 0 aromatic carbocycles. The van der Waals surface area contributed by atoms with E-state index in [4.69, 9.17) is 0 Å². The molecule has 5 heteroatoms. The van der Waals surface area contributed by atoms with Gasteiger partial charge in [-0.15, -0.1) is 0 Å². The monoisotopic (exact) mass is 186 g/mol. The molecule has 3 aromatic heterocycles. The smallest absolute Gasteiger partial charge is 0.189 e. The van der Waals surface area contributed by atoms with Crippen LogP contribution < -0.4 is 5.43 Å². The van der Waals surface area contributed by atoms with Gasteiger partial charge in [-0.3, -0.25) is 9.89 Å². The normalized spacial score (nSPS) is 11.1. The van der Waals surface area contributed by atoms with Crippen molar-refractivity contribution in [1.29, 1.82) is 0 Å². The van der Waals surface area contributed by atoms with Crippen LogP contribution in [0.25, 0.3) is 21.9 Å². The summed E-state index contributed by atoms with van der Waals surface area (Å²) < 4.78 is 0. The first-order valence-electron chi connectivity index (χ1n) is 4.16. The third-order valence-electron chi connectivity index (χ3n) is 2.20. The molecule has 0 fully saturated rings. The molecule has 0 aliphatic carbocycles. The van der Waals surface area contributed by atoms with E-state index in [1.54, 1.807) is 12.4 Å². The minimum atomic E-state index is -0.0595. The highest BCUT2D eigenvalue weighted by molar-refractivity contribution is 6.04. The van der Waals surface area contributed by atoms with Crippen molar-refractivity contribution in [2.45, 2.75) is 0 Å². The van der Waals surface area contributed by atoms with E-state index in [0.29, 0.717) is 11.0 Å². The summed E-state index contributed by atoms with van der Waals surface area (Å²) in [4.78, 5) is 18.7. The lowest BCUT2D eigenvalue weighted by Crippen LogP contribution is -1.95. The van der Waals surface area contributed by atoms with Crippen LogP contribution in [0.5, 0.6) is 0 Å². The highest BCUT2D eigenvalue weighted by Crippen LogP contribution is 2.17. The van der Waals surface area contributed by atoms with Gasteiger partial charge in [0.25, 0.3) is 0 Å². The van der Waals surface area contributed by atoms with Crippen LogP contribution >= 0.6 is 0 Å². The number of aromatic amines is 2. The fourth-order valence-electron chi connectivity index (χ4n) is 1.56. The van der Waals surface area contributed by atoms with E-state index in [9.17, 15) is 4.79 Å². The van der Waals surface area contributed by atoms with Crippen molar-refractivity contribution in [3.05, 3.63) is 34.9 Å². The second kappa shape index (κ2) is 2.41. The molecule has 2 N–H and O–H groups in total. The van der Waals surface area contributed by atoms with Gasteiger partial charge in [-0.1, -0.05) is 0 Å². The van der Waals surface area contributed by atoms with Crippen molar-refractivity contribution >= 4 is 21.9 Å². The van der Waals surface area contributed by atoms with Gasteiger partial charge in [-0.2, -0.15) is 5.10 Å². The Hall–Kier alpha value is -2.17. The van der Waals surface area contributed by atoms with E-state index >= 15 is 0 Å². The molecule has 0 radical (unpaired) electrons. The maximum atomic E-state index is 11.6. The molecular weight excluding hydrogens is 180 g/mol. The first kappa shape index (κ1) is 7.25. The molecule has 0 saturated heterocycles. The molecule has 5 nitrogen and oxygen atoms in total. The summed E-state index contributed by atoms with van der Waals surface area (Å²) in [6.07, 6.45) is 4.76. The second-order valence-corrected chi connectivity index (χ2v) is 3.02. The maximum Gasteiger partial charge on any atom is 0.189 e. The lowest BCUT2D eigenvalue weighted by Gasteiger charge is -1.89. The molecule has 68 valence electrons. The van der Waals surface area contributed by atoms with E-state index in [2.05, 4.69) is 20.2 Å². The van der Waals surface area contributed by atoms with Crippen molar-refractivity contribution in [2.75, 3.05) is 0 Å². The lowest BCUT2D eigenvalue weighted by molar-refractivity contribution is 1.08. The van der Waals surface area contributed by atoms with E-state index in [0.717, 1.165) is 10.9 Å². The van der Waals surface area contributed by atoms with Crippen LogP contribution in [0.2, 0.25) is 0 Å². The largest absolute Gasteiger partial charge is 0.346 e. The zero-order valence-corrected chi connectivity index (χ0v) is 7.11. The van der Waals surface area contributed by atoms with Crippen LogP contribution in [0.1, 0.15) is 0 Å². The Bertz CT molecular complexity index is 667. The number of hydrogen-bond donors (Lipinski definition) is 2. The molecule has 3 rings (SSSR count). The number of nitrogens with one attached hydrogen (secondary N) is 2. The van der Waals surface area contributed by atoms with Crippen molar-refractivity contribution in [3.8, 4) is 0 Å². The van der Waals surface area contributed by atoms with Gasteiger partial charge in [0.2, 0.25) is 0 Å². The Morgan fingerprint density at radius 3 is 3.14 bits per heavy atom. The zero-order valence-electron chi connectivity index (χ0n) is 7.11. The molecule has 14 heavy (non-hydrogen) atoms. The molecule has 0 spiro atoms. The topological polar surface area (TPSA) is 74.4 Å². The Balaban J connectivity index is 2.82. The second-order valence-electron chi connectivity index (χ2n) is 3.02. The Labute approximate surface area is 77.8 Å². The van der Waals surface area contributed by atoms with Crippen molar-refractivity contribution < 1.29 is 0 Å². The van der Waals surface area contributed by atoms with Gasteiger partial charge in [-0.05, 0) is 0 Å². The maximum absolute atomic E-state index is 11.6. The van der Waals surface area contributed by atoms with Gasteiger partial charge in [-0.25, -0.2) is 4.98 Å². The van der Waals surface area contributed by atoms with E-state index in [1.807, 2.05) is 0 Å². The predicted molar refractivity (Wildman–Crippen MR) is 52.0 cm³/mol. The van der Waals surface area contributed by atoms with E-state index < -0.39 is 0 Å². The summed E-state index contributed by atoms with van der Waals surface area (Å²) in [6, 6.07) is 1.47. The Morgan fingerprint density at radius 2 is 2.21 bits per heavy atom. The fraction of sp³-hybridized carbons (Fsp3) is 0. The van der Waals surface area contributed by atoms with E-state index in [1.165, 1.54) is 12.3 Å². The number of hydrogen-bond acceptors (Lipinski definition) is 3. The minimum Gasteiger partial charge on any atom is -0.346 e. The average molecular weight is 186 g/mol. The van der Waals surface area contributed by atoms with Crippen LogP contribution in [0.4, 0.5) is 0 Å². The molecule has 3 aromatic rings. The van der Waals surface area contributed by atoms with Gasteiger partial charge >= 0.3 is 0 Å². The van der Waals surface area contributed by atoms with Crippen molar-refractivity contribution in [1.82, 2.24) is 20.2 Å². The van der Waals surface area contributed by atoms with Crippen LogP contribution in [-0.4, -0.2) is 20.2 Å². The van der Waals surface area contributed by atoms with Gasteiger partial charge < -0.3 is 4.98 Å². The zero-order chi connectivity index (χ0) is 9.54.